The second kappa shape index (κ2) is 8.60. The smallest absolute Gasteiger partial charge is 0.254 e. The lowest BCUT2D eigenvalue weighted by molar-refractivity contribution is -0.140. The summed E-state index contributed by atoms with van der Waals surface area (Å²) in [5.41, 5.74) is 2.80. The lowest BCUT2D eigenvalue weighted by Gasteiger charge is -2.52. The van der Waals surface area contributed by atoms with Gasteiger partial charge in [0.1, 0.15) is 0 Å². The molecule has 0 radical (unpaired) electrons. The van der Waals surface area contributed by atoms with Crippen molar-refractivity contribution in [3.63, 3.8) is 0 Å². The van der Waals surface area contributed by atoms with Crippen molar-refractivity contribution < 1.29 is 19.2 Å². The third-order valence-electron chi connectivity index (χ3n) is 10.9. The van der Waals surface area contributed by atoms with E-state index in [0.29, 0.717) is 10.7 Å². The molecule has 6 atom stereocenters. The Bertz CT molecular complexity index is 1790. The molecule has 0 N–H and O–H groups in total. The standard InChI is InChI=1S/C35H26ClN3O4/c36-24-11-5-6-12-25(24)38-31(40)29-28-20-7-1-3-9-22(20)35(30(29)34(38)43,23-10-4-2-8-21(23)28)17-37-39-32(41)26-18-13-14-19(16-15-18)27(26)33(39)42/h1-14,17-19,26-30H,15-16H2/b37-17-/t18-,19-,26-,27+,28?,29-,30+,35?/m0/s1. The van der Waals surface area contributed by atoms with Crippen LogP contribution < -0.4 is 4.90 Å². The highest BCUT2D eigenvalue weighted by molar-refractivity contribution is 6.36. The second-order valence-corrected chi connectivity index (χ2v) is 13.0. The fourth-order valence-electron chi connectivity index (χ4n) is 9.24. The lowest BCUT2D eigenvalue weighted by Crippen LogP contribution is -2.55. The molecule has 7 nitrogen and oxygen atoms in total. The van der Waals surface area contributed by atoms with Gasteiger partial charge in [-0.05, 0) is 59.1 Å². The third kappa shape index (κ3) is 2.98. The Hall–Kier alpha value is -4.36. The Labute approximate surface area is 252 Å². The lowest BCUT2D eigenvalue weighted by atomic mass is 9.47. The molecule has 8 heteroatoms. The van der Waals surface area contributed by atoms with Crippen LogP contribution in [0.15, 0.2) is 90.0 Å². The normalized spacial score (nSPS) is 34.7. The van der Waals surface area contributed by atoms with E-state index in [2.05, 4.69) is 12.2 Å². The molecule has 0 unspecified atom stereocenters. The number of hydrogen-bond donors (Lipinski definition) is 0. The molecule has 8 aliphatic rings. The number of carbonyl (C=O) groups excluding carboxylic acids is 4. The van der Waals surface area contributed by atoms with Crippen molar-refractivity contribution in [2.24, 2.45) is 40.6 Å². The number of allylic oxidation sites excluding steroid dienone is 2. The molecule has 3 aromatic carbocycles. The first-order chi connectivity index (χ1) is 20.9. The van der Waals surface area contributed by atoms with Crippen LogP contribution >= 0.6 is 11.6 Å². The Balaban J connectivity index is 1.25. The van der Waals surface area contributed by atoms with Crippen LogP contribution in [0.4, 0.5) is 5.69 Å². The van der Waals surface area contributed by atoms with E-state index in [0.717, 1.165) is 40.1 Å². The monoisotopic (exact) mass is 587 g/mol. The maximum atomic E-state index is 14.6. The SMILES string of the molecule is O=C1[C@@H]2[C@H](C(=O)N1/N=C\C13c4ccccc4C(c4ccccc41)[C@@H]1C(=O)N(c4ccccc4Cl)C(=O)[C@@H]13)[C@H]1C=C[C@H]2CC1. The fraction of sp³-hybridized carbons (Fsp3) is 0.286. The number of anilines is 1. The van der Waals surface area contributed by atoms with Crippen LogP contribution in [0, 0.1) is 35.5 Å². The number of imide groups is 2. The van der Waals surface area contributed by atoms with Crippen LogP contribution in [0.1, 0.15) is 41.0 Å². The van der Waals surface area contributed by atoms with Gasteiger partial charge in [0.05, 0.1) is 39.8 Å². The first kappa shape index (κ1) is 25.2. The molecule has 0 spiro atoms. The summed E-state index contributed by atoms with van der Waals surface area (Å²) in [5, 5.41) is 6.07. The Morgan fingerprint density at radius 1 is 0.698 bits per heavy atom. The van der Waals surface area contributed by atoms with Gasteiger partial charge < -0.3 is 0 Å². The van der Waals surface area contributed by atoms with Crippen LogP contribution in [0.3, 0.4) is 0 Å². The number of hydrazone groups is 1. The van der Waals surface area contributed by atoms with E-state index in [4.69, 9.17) is 16.7 Å². The van der Waals surface area contributed by atoms with Crippen molar-refractivity contribution in [2.75, 3.05) is 4.90 Å². The summed E-state index contributed by atoms with van der Waals surface area (Å²) in [5.74, 6) is -3.82. The number of para-hydroxylation sites is 1. The number of benzene rings is 3. The number of amides is 4. The van der Waals surface area contributed by atoms with E-state index in [1.54, 1.807) is 30.5 Å². The van der Waals surface area contributed by atoms with Crippen LogP contribution in [-0.2, 0) is 24.6 Å². The van der Waals surface area contributed by atoms with E-state index in [1.807, 2.05) is 48.5 Å². The van der Waals surface area contributed by atoms with Gasteiger partial charge in [0.15, 0.2) is 0 Å². The zero-order chi connectivity index (χ0) is 29.2. The van der Waals surface area contributed by atoms with Gasteiger partial charge in [-0.1, -0.05) is 84.4 Å². The van der Waals surface area contributed by atoms with E-state index in [1.165, 1.54) is 4.90 Å². The van der Waals surface area contributed by atoms with E-state index < -0.39 is 29.1 Å². The number of fused-ring (bicyclic) bond motifs is 1. The van der Waals surface area contributed by atoms with Crippen molar-refractivity contribution in [1.29, 1.82) is 0 Å². The van der Waals surface area contributed by atoms with Crippen molar-refractivity contribution in [2.45, 2.75) is 24.2 Å². The number of nitrogens with zero attached hydrogens (tertiary/aromatic N) is 3. The molecule has 212 valence electrons. The summed E-state index contributed by atoms with van der Waals surface area (Å²) in [6.45, 7) is 0. The highest BCUT2D eigenvalue weighted by atomic mass is 35.5. The van der Waals surface area contributed by atoms with Gasteiger partial charge in [-0.25, -0.2) is 4.90 Å². The predicted molar refractivity (Wildman–Crippen MR) is 159 cm³/mol. The fourth-order valence-corrected chi connectivity index (χ4v) is 9.46. The molecule has 4 bridgehead atoms. The van der Waals surface area contributed by atoms with Crippen molar-refractivity contribution in [1.82, 2.24) is 5.01 Å². The van der Waals surface area contributed by atoms with Gasteiger partial charge in [-0.15, -0.1) is 0 Å². The predicted octanol–water partition coefficient (Wildman–Crippen LogP) is 5.07. The highest BCUT2D eigenvalue weighted by Gasteiger charge is 2.68. The van der Waals surface area contributed by atoms with E-state index in [-0.39, 0.29) is 41.4 Å². The summed E-state index contributed by atoms with van der Waals surface area (Å²) in [6.07, 6.45) is 7.57. The van der Waals surface area contributed by atoms with E-state index in [9.17, 15) is 19.2 Å². The summed E-state index contributed by atoms with van der Waals surface area (Å²) in [7, 11) is 0. The first-order valence-electron chi connectivity index (χ1n) is 14.9. The maximum absolute atomic E-state index is 14.6. The minimum Gasteiger partial charge on any atom is -0.274 e. The molecule has 3 fully saturated rings. The largest absolute Gasteiger partial charge is 0.274 e. The zero-order valence-corrected chi connectivity index (χ0v) is 23.7. The molecule has 11 rings (SSSR count). The third-order valence-corrected chi connectivity index (χ3v) is 11.2. The Kier molecular flexibility index (Phi) is 5.04. The van der Waals surface area contributed by atoms with Gasteiger partial charge in [0.25, 0.3) is 11.8 Å². The van der Waals surface area contributed by atoms with Gasteiger partial charge in [-0.2, -0.15) is 10.1 Å². The van der Waals surface area contributed by atoms with Gasteiger partial charge in [-0.3, -0.25) is 19.2 Å². The van der Waals surface area contributed by atoms with Crippen LogP contribution in [0.2, 0.25) is 5.02 Å². The van der Waals surface area contributed by atoms with Gasteiger partial charge in [0, 0.05) is 12.1 Å². The molecule has 2 heterocycles. The topological polar surface area (TPSA) is 87.1 Å². The Morgan fingerprint density at radius 2 is 1.26 bits per heavy atom. The summed E-state index contributed by atoms with van der Waals surface area (Å²) in [4.78, 5) is 57.6. The minimum atomic E-state index is -1.18. The van der Waals surface area contributed by atoms with Crippen molar-refractivity contribution in [3.8, 4) is 0 Å². The number of halogens is 1. The average molecular weight is 588 g/mol. The van der Waals surface area contributed by atoms with Crippen molar-refractivity contribution >= 4 is 47.1 Å². The maximum Gasteiger partial charge on any atom is 0.254 e. The number of carbonyl (C=O) groups is 4. The van der Waals surface area contributed by atoms with Gasteiger partial charge in [0.2, 0.25) is 11.8 Å². The summed E-state index contributed by atoms with van der Waals surface area (Å²) >= 11 is 6.54. The van der Waals surface area contributed by atoms with Crippen molar-refractivity contribution in [3.05, 3.63) is 112 Å². The second-order valence-electron chi connectivity index (χ2n) is 12.6. The highest BCUT2D eigenvalue weighted by Crippen LogP contribution is 2.64. The molecule has 0 aromatic heterocycles. The number of hydrogen-bond acceptors (Lipinski definition) is 5. The summed E-state index contributed by atoms with van der Waals surface area (Å²) < 4.78 is 0. The minimum absolute atomic E-state index is 0.0407. The first-order valence-corrected chi connectivity index (χ1v) is 15.2. The van der Waals surface area contributed by atoms with Gasteiger partial charge >= 0.3 is 0 Å². The molecule has 4 amide bonds. The molecule has 6 aliphatic carbocycles. The molecular weight excluding hydrogens is 562 g/mol. The molecule has 2 saturated heterocycles. The molecule has 2 aliphatic heterocycles. The summed E-state index contributed by atoms with van der Waals surface area (Å²) in [6, 6.07) is 22.6. The Morgan fingerprint density at radius 3 is 1.84 bits per heavy atom. The average Bonchev–Trinajstić information content (AvgIpc) is 3.47. The van der Waals surface area contributed by atoms with Crippen LogP contribution in [-0.4, -0.2) is 34.9 Å². The molecule has 1 saturated carbocycles. The quantitative estimate of drug-likeness (QED) is 0.243. The zero-order valence-electron chi connectivity index (χ0n) is 23.0. The molecule has 3 aromatic rings. The van der Waals surface area contributed by atoms with Crippen LogP contribution in [0.25, 0.3) is 0 Å². The van der Waals surface area contributed by atoms with E-state index >= 15 is 0 Å². The molecule has 43 heavy (non-hydrogen) atoms. The number of rotatable bonds is 3. The molecular formula is C35H26ClN3O4. The van der Waals surface area contributed by atoms with Crippen LogP contribution in [0.5, 0.6) is 0 Å².